The molecule has 88 valence electrons. The normalized spacial score (nSPS) is 10.6. The molecule has 0 bridgehead atoms. The quantitative estimate of drug-likeness (QED) is 0.803. The third kappa shape index (κ3) is 2.75. The van der Waals surface area contributed by atoms with E-state index in [0.29, 0.717) is 10.2 Å². The first kappa shape index (κ1) is 13.0. The minimum absolute atomic E-state index is 0.132. The Morgan fingerprint density at radius 3 is 2.75 bits per heavy atom. The molecule has 0 radical (unpaired) electrons. The maximum atomic E-state index is 12.7. The van der Waals surface area contributed by atoms with Crippen LogP contribution in [0.1, 0.15) is 35.1 Å². The second-order valence-electron chi connectivity index (χ2n) is 3.01. The number of aromatic nitrogens is 1. The Hall–Kier alpha value is -1.04. The van der Waals surface area contributed by atoms with Crippen LogP contribution in [0.2, 0.25) is 0 Å². The first-order valence-electron chi connectivity index (χ1n) is 4.59. The molecule has 3 nitrogen and oxygen atoms in total. The number of pyridine rings is 1. The number of nitrogens with zero attached hydrogens (tertiary/aromatic N) is 1. The summed E-state index contributed by atoms with van der Waals surface area (Å²) >= 11 is 3.13. The SMILES string of the molecule is CCOC(=O)c1cc(Br)c(C)nc1C(F)F. The lowest BCUT2D eigenvalue weighted by molar-refractivity contribution is 0.0513. The van der Waals surface area contributed by atoms with E-state index in [1.54, 1.807) is 13.8 Å². The number of alkyl halides is 2. The standard InChI is InChI=1S/C10H10BrF2NO2/c1-3-16-10(15)6-4-7(11)5(2)14-8(6)9(12)13/h4,9H,3H2,1-2H3. The van der Waals surface area contributed by atoms with Crippen molar-refractivity contribution in [3.05, 3.63) is 27.5 Å². The molecule has 6 heteroatoms. The number of aryl methyl sites for hydroxylation is 1. The van der Waals surface area contributed by atoms with Crippen LogP contribution in [0, 0.1) is 6.92 Å². The number of hydrogen-bond donors (Lipinski definition) is 0. The molecule has 0 aliphatic carbocycles. The van der Waals surface area contributed by atoms with E-state index in [1.807, 2.05) is 0 Å². The monoisotopic (exact) mass is 293 g/mol. The minimum atomic E-state index is -2.80. The zero-order chi connectivity index (χ0) is 12.3. The highest BCUT2D eigenvalue weighted by Gasteiger charge is 2.22. The number of hydrogen-bond acceptors (Lipinski definition) is 3. The van der Waals surface area contributed by atoms with Crippen LogP contribution in [0.5, 0.6) is 0 Å². The lowest BCUT2D eigenvalue weighted by Crippen LogP contribution is -2.11. The van der Waals surface area contributed by atoms with Gasteiger partial charge in [0.1, 0.15) is 5.69 Å². The molecule has 0 spiro atoms. The van der Waals surface area contributed by atoms with Gasteiger partial charge in [-0.15, -0.1) is 0 Å². The number of carbonyl (C=O) groups excluding carboxylic acids is 1. The molecule has 1 rings (SSSR count). The van der Waals surface area contributed by atoms with Crippen molar-refractivity contribution in [2.24, 2.45) is 0 Å². The molecule has 1 aromatic heterocycles. The van der Waals surface area contributed by atoms with Crippen LogP contribution in [0.15, 0.2) is 10.5 Å². The van der Waals surface area contributed by atoms with Gasteiger partial charge in [-0.3, -0.25) is 4.98 Å². The van der Waals surface area contributed by atoms with Gasteiger partial charge < -0.3 is 4.74 Å². The summed E-state index contributed by atoms with van der Waals surface area (Å²) in [6.07, 6.45) is -2.80. The molecule has 0 aromatic carbocycles. The molecule has 0 atom stereocenters. The molecule has 0 saturated heterocycles. The number of carbonyl (C=O) groups is 1. The molecule has 0 saturated carbocycles. The van der Waals surface area contributed by atoms with Crippen molar-refractivity contribution in [1.29, 1.82) is 0 Å². The molecular formula is C10H10BrF2NO2. The van der Waals surface area contributed by atoms with E-state index in [9.17, 15) is 13.6 Å². The second-order valence-corrected chi connectivity index (χ2v) is 3.86. The summed E-state index contributed by atoms with van der Waals surface area (Å²) in [7, 11) is 0. The third-order valence-corrected chi connectivity index (χ3v) is 2.69. The molecule has 0 N–H and O–H groups in total. The van der Waals surface area contributed by atoms with Crippen molar-refractivity contribution >= 4 is 21.9 Å². The van der Waals surface area contributed by atoms with Gasteiger partial charge >= 0.3 is 5.97 Å². The first-order valence-corrected chi connectivity index (χ1v) is 5.39. The Balaban J connectivity index is 3.24. The van der Waals surface area contributed by atoms with Crippen LogP contribution < -0.4 is 0 Å². The molecule has 16 heavy (non-hydrogen) atoms. The fourth-order valence-corrected chi connectivity index (χ4v) is 1.46. The van der Waals surface area contributed by atoms with E-state index in [4.69, 9.17) is 0 Å². The predicted octanol–water partition coefficient (Wildman–Crippen LogP) is 3.27. The molecule has 0 fully saturated rings. The number of halogens is 3. The molecule has 1 heterocycles. The van der Waals surface area contributed by atoms with Gasteiger partial charge in [-0.25, -0.2) is 13.6 Å². The van der Waals surface area contributed by atoms with Crippen LogP contribution >= 0.6 is 15.9 Å². The van der Waals surface area contributed by atoms with Gasteiger partial charge in [-0.2, -0.15) is 0 Å². The zero-order valence-corrected chi connectivity index (χ0v) is 10.3. The van der Waals surface area contributed by atoms with Crippen LogP contribution in [-0.4, -0.2) is 17.6 Å². The van der Waals surface area contributed by atoms with E-state index >= 15 is 0 Å². The number of ether oxygens (including phenoxy) is 1. The highest BCUT2D eigenvalue weighted by Crippen LogP contribution is 2.26. The van der Waals surface area contributed by atoms with Gasteiger partial charge in [0.15, 0.2) is 0 Å². The minimum Gasteiger partial charge on any atom is -0.462 e. The second kappa shape index (κ2) is 5.34. The summed E-state index contributed by atoms with van der Waals surface area (Å²) < 4.78 is 30.5. The van der Waals surface area contributed by atoms with Crippen molar-refractivity contribution in [2.45, 2.75) is 20.3 Å². The van der Waals surface area contributed by atoms with E-state index in [-0.39, 0.29) is 12.2 Å². The van der Waals surface area contributed by atoms with E-state index in [1.165, 1.54) is 6.07 Å². The fourth-order valence-electron chi connectivity index (χ4n) is 1.14. The molecule has 0 aliphatic rings. The van der Waals surface area contributed by atoms with Gasteiger partial charge in [0.25, 0.3) is 6.43 Å². The number of rotatable bonds is 3. The maximum Gasteiger partial charge on any atom is 0.340 e. The van der Waals surface area contributed by atoms with Crippen LogP contribution in [-0.2, 0) is 4.74 Å². The summed E-state index contributed by atoms with van der Waals surface area (Å²) in [5.41, 5.74) is -0.336. The predicted molar refractivity (Wildman–Crippen MR) is 57.6 cm³/mol. The Morgan fingerprint density at radius 1 is 1.62 bits per heavy atom. The Labute approximate surface area is 99.9 Å². The highest BCUT2D eigenvalue weighted by atomic mass is 79.9. The average Bonchev–Trinajstić information content (AvgIpc) is 2.21. The van der Waals surface area contributed by atoms with Gasteiger partial charge in [-0.1, -0.05) is 0 Å². The first-order chi connectivity index (χ1) is 7.47. The largest absolute Gasteiger partial charge is 0.462 e. The summed E-state index contributed by atoms with van der Waals surface area (Å²) in [5, 5.41) is 0. The van der Waals surface area contributed by atoms with Crippen LogP contribution in [0.3, 0.4) is 0 Å². The Bertz CT molecular complexity index is 410. The van der Waals surface area contributed by atoms with Crippen molar-refractivity contribution in [2.75, 3.05) is 6.61 Å². The molecule has 1 aromatic rings. The molecule has 0 amide bonds. The third-order valence-electron chi connectivity index (χ3n) is 1.88. The maximum absolute atomic E-state index is 12.7. The van der Waals surface area contributed by atoms with Crippen LogP contribution in [0.4, 0.5) is 8.78 Å². The summed E-state index contributed by atoms with van der Waals surface area (Å²) in [4.78, 5) is 15.1. The summed E-state index contributed by atoms with van der Waals surface area (Å²) in [6, 6.07) is 1.31. The van der Waals surface area contributed by atoms with Crippen molar-refractivity contribution < 1.29 is 18.3 Å². The van der Waals surface area contributed by atoms with Crippen molar-refractivity contribution in [3.8, 4) is 0 Å². The number of esters is 1. The Kier molecular flexibility index (Phi) is 4.35. The highest BCUT2D eigenvalue weighted by molar-refractivity contribution is 9.10. The van der Waals surface area contributed by atoms with Gasteiger partial charge in [-0.05, 0) is 35.8 Å². The van der Waals surface area contributed by atoms with E-state index < -0.39 is 18.1 Å². The van der Waals surface area contributed by atoms with Gasteiger partial charge in [0.05, 0.1) is 17.9 Å². The summed E-state index contributed by atoms with van der Waals surface area (Å²) in [5.74, 6) is -0.786. The Morgan fingerprint density at radius 2 is 2.25 bits per heavy atom. The lowest BCUT2D eigenvalue weighted by atomic mass is 10.2. The van der Waals surface area contributed by atoms with Gasteiger partial charge in [0, 0.05) is 4.47 Å². The molecule has 0 aliphatic heterocycles. The lowest BCUT2D eigenvalue weighted by Gasteiger charge is -2.09. The van der Waals surface area contributed by atoms with Gasteiger partial charge in [0.2, 0.25) is 0 Å². The van der Waals surface area contributed by atoms with Crippen LogP contribution in [0.25, 0.3) is 0 Å². The molecule has 0 unspecified atom stereocenters. The summed E-state index contributed by atoms with van der Waals surface area (Å²) in [6.45, 7) is 3.31. The zero-order valence-electron chi connectivity index (χ0n) is 8.76. The average molecular weight is 294 g/mol. The smallest absolute Gasteiger partial charge is 0.340 e. The topological polar surface area (TPSA) is 39.2 Å². The fraction of sp³-hybridized carbons (Fsp3) is 0.400. The van der Waals surface area contributed by atoms with Crippen molar-refractivity contribution in [3.63, 3.8) is 0 Å². The van der Waals surface area contributed by atoms with E-state index in [2.05, 4.69) is 25.7 Å². The van der Waals surface area contributed by atoms with E-state index in [0.717, 1.165) is 0 Å². The van der Waals surface area contributed by atoms with Crippen molar-refractivity contribution in [1.82, 2.24) is 4.98 Å². The molecular weight excluding hydrogens is 284 g/mol.